The van der Waals surface area contributed by atoms with Gasteiger partial charge in [-0.25, -0.2) is 9.18 Å². The number of halogens is 4. The highest BCUT2D eigenvalue weighted by Crippen LogP contribution is 2.41. The van der Waals surface area contributed by atoms with E-state index in [1.165, 1.54) is 25.4 Å². The number of aromatic amines is 1. The molecule has 8 nitrogen and oxygen atoms in total. The van der Waals surface area contributed by atoms with Gasteiger partial charge in [0.2, 0.25) is 5.88 Å². The Kier molecular flexibility index (Phi) is 5.97. The fourth-order valence-corrected chi connectivity index (χ4v) is 4.92. The average Bonchev–Trinajstić information content (AvgIpc) is 3.47. The molecule has 0 radical (unpaired) electrons. The fourth-order valence-electron chi connectivity index (χ4n) is 4.92. The van der Waals surface area contributed by atoms with Crippen molar-refractivity contribution in [2.75, 3.05) is 7.11 Å². The van der Waals surface area contributed by atoms with Crippen LogP contribution in [-0.4, -0.2) is 26.6 Å². The number of hydrogen-bond donors (Lipinski definition) is 1. The van der Waals surface area contributed by atoms with E-state index in [1.807, 2.05) is 18.2 Å². The third-order valence-electron chi connectivity index (χ3n) is 6.79. The zero-order valence-electron chi connectivity index (χ0n) is 21.1. The molecule has 4 heterocycles. The summed E-state index contributed by atoms with van der Waals surface area (Å²) in [6.45, 7) is 1.88. The van der Waals surface area contributed by atoms with Crippen LogP contribution in [-0.2, 0) is 19.2 Å². The molecule has 40 heavy (non-hydrogen) atoms. The molecule has 0 fully saturated rings. The standard InChI is InChI=1S/C28H20F4N4O4/c1-14(25-34-27(37)40-35-25)24-19-5-3-15(9-16(19)13-39-22-12-18(29)4-6-20(22)24)10-21-26(38-2)33-23-11-17(28(30,31)32)7-8-36(21)23/h3-9,11-12H,10,13H2,1-2H3,(H,34,35,37)/b24-14+. The van der Waals surface area contributed by atoms with Gasteiger partial charge in [-0.3, -0.25) is 13.9 Å². The van der Waals surface area contributed by atoms with E-state index in [-0.39, 0.29) is 24.0 Å². The highest BCUT2D eigenvalue weighted by molar-refractivity contribution is 5.99. The Morgan fingerprint density at radius 1 is 1.12 bits per heavy atom. The van der Waals surface area contributed by atoms with Crippen LogP contribution in [0.2, 0.25) is 0 Å². The molecular formula is C28H20F4N4O4. The van der Waals surface area contributed by atoms with Crippen molar-refractivity contribution >= 4 is 16.8 Å². The zero-order chi connectivity index (χ0) is 28.2. The lowest BCUT2D eigenvalue weighted by Gasteiger charge is -2.14. The lowest BCUT2D eigenvalue weighted by Crippen LogP contribution is -2.06. The number of hydrogen-bond acceptors (Lipinski definition) is 6. The number of alkyl halides is 3. The van der Waals surface area contributed by atoms with Gasteiger partial charge in [0.05, 0.1) is 18.4 Å². The van der Waals surface area contributed by atoms with E-state index in [2.05, 4.69) is 15.1 Å². The third-order valence-corrected chi connectivity index (χ3v) is 6.79. The predicted octanol–water partition coefficient (Wildman–Crippen LogP) is 5.64. The Bertz CT molecular complexity index is 1870. The molecule has 0 amide bonds. The van der Waals surface area contributed by atoms with Gasteiger partial charge in [-0.2, -0.15) is 18.2 Å². The van der Waals surface area contributed by atoms with E-state index >= 15 is 0 Å². The van der Waals surface area contributed by atoms with Crippen molar-refractivity contribution in [1.82, 2.24) is 19.5 Å². The molecule has 1 aliphatic heterocycles. The van der Waals surface area contributed by atoms with Crippen LogP contribution in [0.5, 0.6) is 11.6 Å². The van der Waals surface area contributed by atoms with Crippen molar-refractivity contribution in [3.8, 4) is 11.6 Å². The largest absolute Gasteiger partial charge is 0.488 e. The Morgan fingerprint density at radius 2 is 1.93 bits per heavy atom. The maximum Gasteiger partial charge on any atom is 0.439 e. The van der Waals surface area contributed by atoms with Gasteiger partial charge >= 0.3 is 11.9 Å². The number of methoxy groups -OCH3 is 1. The van der Waals surface area contributed by atoms with E-state index in [4.69, 9.17) is 14.0 Å². The van der Waals surface area contributed by atoms with Gasteiger partial charge in [-0.15, -0.1) is 0 Å². The lowest BCUT2D eigenvalue weighted by atomic mass is 9.89. The molecule has 2 aromatic carbocycles. The summed E-state index contributed by atoms with van der Waals surface area (Å²) in [6.07, 6.45) is -2.89. The average molecular weight is 552 g/mol. The van der Waals surface area contributed by atoms with Crippen LogP contribution < -0.4 is 15.2 Å². The Morgan fingerprint density at radius 3 is 2.65 bits per heavy atom. The Hall–Kier alpha value is -4.87. The summed E-state index contributed by atoms with van der Waals surface area (Å²) < 4.78 is 71.5. The number of nitrogens with zero attached hydrogens (tertiary/aromatic N) is 3. The molecule has 12 heteroatoms. The monoisotopic (exact) mass is 552 g/mol. The molecule has 0 saturated heterocycles. The highest BCUT2D eigenvalue weighted by atomic mass is 19.4. The van der Waals surface area contributed by atoms with Crippen LogP contribution in [0.4, 0.5) is 17.6 Å². The van der Waals surface area contributed by atoms with Gasteiger partial charge < -0.3 is 9.47 Å². The number of rotatable bonds is 4. The van der Waals surface area contributed by atoms with Crippen molar-refractivity contribution in [1.29, 1.82) is 0 Å². The molecular weight excluding hydrogens is 532 g/mol. The second-order valence-electron chi connectivity index (χ2n) is 9.25. The SMILES string of the molecule is COc1nc2cc(C(F)(F)F)ccn2c1Cc1ccc2c(c1)COc1cc(F)ccc1/C2=C(\C)c1noc(=O)[nH]1. The van der Waals surface area contributed by atoms with Crippen molar-refractivity contribution in [3.05, 3.63) is 110 Å². The molecule has 0 bridgehead atoms. The van der Waals surface area contributed by atoms with E-state index in [0.717, 1.165) is 28.8 Å². The minimum Gasteiger partial charge on any atom is -0.488 e. The molecule has 3 aromatic heterocycles. The minimum atomic E-state index is -4.50. The van der Waals surface area contributed by atoms with Gasteiger partial charge in [-0.05, 0) is 53.5 Å². The first kappa shape index (κ1) is 25.4. The van der Waals surface area contributed by atoms with Crippen molar-refractivity contribution in [2.24, 2.45) is 0 Å². The molecule has 0 spiro atoms. The normalized spacial score (nSPS) is 14.3. The van der Waals surface area contributed by atoms with Gasteiger partial charge in [0.1, 0.15) is 23.8 Å². The Balaban J connectivity index is 1.45. The maximum atomic E-state index is 14.1. The van der Waals surface area contributed by atoms with Gasteiger partial charge in [0, 0.05) is 29.8 Å². The molecule has 6 rings (SSSR count). The summed E-state index contributed by atoms with van der Waals surface area (Å²) in [5, 5.41) is 3.81. The molecule has 0 saturated carbocycles. The van der Waals surface area contributed by atoms with Crippen LogP contribution in [0.1, 0.15) is 46.3 Å². The number of pyridine rings is 1. The minimum absolute atomic E-state index is 0.111. The fraction of sp³-hybridized carbons (Fsp3) is 0.179. The maximum absolute atomic E-state index is 14.1. The second-order valence-corrected chi connectivity index (χ2v) is 9.25. The van der Waals surface area contributed by atoms with Crippen molar-refractivity contribution < 1.29 is 31.6 Å². The molecule has 1 N–H and O–H groups in total. The number of benzene rings is 2. The summed E-state index contributed by atoms with van der Waals surface area (Å²) in [4.78, 5) is 18.4. The molecule has 0 aliphatic carbocycles. The Labute approximate surface area is 223 Å². The summed E-state index contributed by atoms with van der Waals surface area (Å²) in [5.74, 6) is -0.424. The summed E-state index contributed by atoms with van der Waals surface area (Å²) in [6, 6.07) is 11.8. The number of H-pyrrole nitrogens is 1. The predicted molar refractivity (Wildman–Crippen MR) is 135 cm³/mol. The molecule has 204 valence electrons. The number of aromatic nitrogens is 4. The number of nitrogens with one attached hydrogen (secondary N) is 1. The summed E-state index contributed by atoms with van der Waals surface area (Å²) in [7, 11) is 1.41. The number of imidazole rings is 1. The van der Waals surface area contributed by atoms with Gasteiger partial charge in [0.15, 0.2) is 5.82 Å². The molecule has 0 unspecified atom stereocenters. The van der Waals surface area contributed by atoms with Crippen LogP contribution in [0.3, 0.4) is 0 Å². The van der Waals surface area contributed by atoms with Crippen LogP contribution >= 0.6 is 0 Å². The van der Waals surface area contributed by atoms with Crippen LogP contribution in [0, 0.1) is 5.82 Å². The quantitative estimate of drug-likeness (QED) is 0.290. The summed E-state index contributed by atoms with van der Waals surface area (Å²) in [5.41, 5.74) is 4.09. The first-order valence-electron chi connectivity index (χ1n) is 12.1. The molecule has 0 atom stereocenters. The van der Waals surface area contributed by atoms with Gasteiger partial charge in [0.25, 0.3) is 0 Å². The van der Waals surface area contributed by atoms with E-state index in [9.17, 15) is 22.4 Å². The molecule has 5 aromatic rings. The van der Waals surface area contributed by atoms with Crippen molar-refractivity contribution in [2.45, 2.75) is 26.1 Å². The topological polar surface area (TPSA) is 94.7 Å². The second kappa shape index (κ2) is 9.40. The number of allylic oxidation sites excluding steroid dienone is 1. The van der Waals surface area contributed by atoms with Crippen LogP contribution in [0.25, 0.3) is 16.8 Å². The third kappa shape index (κ3) is 4.40. The smallest absolute Gasteiger partial charge is 0.439 e. The van der Waals surface area contributed by atoms with Crippen molar-refractivity contribution in [3.63, 3.8) is 0 Å². The zero-order valence-corrected chi connectivity index (χ0v) is 21.1. The van der Waals surface area contributed by atoms with E-state index < -0.39 is 23.3 Å². The van der Waals surface area contributed by atoms with E-state index in [1.54, 1.807) is 17.4 Å². The van der Waals surface area contributed by atoms with Gasteiger partial charge in [-0.1, -0.05) is 23.4 Å². The van der Waals surface area contributed by atoms with Crippen LogP contribution in [0.15, 0.2) is 64.0 Å². The first-order chi connectivity index (χ1) is 19.1. The number of fused-ring (bicyclic) bond motifs is 3. The first-order valence-corrected chi connectivity index (χ1v) is 12.1. The molecule has 1 aliphatic rings. The number of ether oxygens (including phenoxy) is 2. The highest BCUT2D eigenvalue weighted by Gasteiger charge is 2.31. The van der Waals surface area contributed by atoms with E-state index in [0.29, 0.717) is 34.6 Å². The lowest BCUT2D eigenvalue weighted by molar-refractivity contribution is -0.137. The summed E-state index contributed by atoms with van der Waals surface area (Å²) >= 11 is 0.